The molecule has 0 heterocycles. The van der Waals surface area contributed by atoms with Crippen molar-refractivity contribution < 1.29 is 9.18 Å². The molecule has 1 nitrogen and oxygen atoms in total. The first-order chi connectivity index (χ1) is 6.22. The number of carbonyl (C=O) groups is 1. The summed E-state index contributed by atoms with van der Waals surface area (Å²) in [5.41, 5.74) is 0.838. The topological polar surface area (TPSA) is 17.1 Å². The van der Waals surface area contributed by atoms with E-state index in [4.69, 9.17) is 0 Å². The summed E-state index contributed by atoms with van der Waals surface area (Å²) in [5, 5.41) is 0. The monoisotopic (exact) mass is 178 g/mol. The van der Waals surface area contributed by atoms with E-state index in [-0.39, 0.29) is 11.6 Å². The zero-order valence-electron chi connectivity index (χ0n) is 7.46. The number of carbonyl (C=O) groups excluding carboxylic acids is 1. The third kappa shape index (κ3) is 3.20. The van der Waals surface area contributed by atoms with Crippen molar-refractivity contribution in [1.29, 1.82) is 0 Å². The molecule has 0 N–H and O–H groups in total. The highest BCUT2D eigenvalue weighted by atomic mass is 19.1. The van der Waals surface area contributed by atoms with Gasteiger partial charge in [-0.2, -0.15) is 0 Å². The molecule has 0 saturated carbocycles. The zero-order chi connectivity index (χ0) is 9.68. The smallest absolute Gasteiger partial charge is 0.159 e. The molecule has 0 atom stereocenters. The first-order valence-corrected chi connectivity index (χ1v) is 4.12. The SMILES string of the molecule is CC=CC(=O)Cc1ccc(F)cc1. The van der Waals surface area contributed by atoms with Crippen LogP contribution in [0.3, 0.4) is 0 Å². The Labute approximate surface area is 76.9 Å². The molecule has 0 spiro atoms. The van der Waals surface area contributed by atoms with Gasteiger partial charge in [-0.25, -0.2) is 4.39 Å². The number of rotatable bonds is 3. The van der Waals surface area contributed by atoms with Crippen molar-refractivity contribution in [2.45, 2.75) is 13.3 Å². The highest BCUT2D eigenvalue weighted by molar-refractivity contribution is 5.91. The van der Waals surface area contributed by atoms with Crippen LogP contribution in [0.5, 0.6) is 0 Å². The highest BCUT2D eigenvalue weighted by Crippen LogP contribution is 2.04. The van der Waals surface area contributed by atoms with Crippen LogP contribution in [0.15, 0.2) is 36.4 Å². The summed E-state index contributed by atoms with van der Waals surface area (Å²) in [5.74, 6) is -0.239. The number of halogens is 1. The zero-order valence-corrected chi connectivity index (χ0v) is 7.46. The lowest BCUT2D eigenvalue weighted by Gasteiger charge is -1.96. The first kappa shape index (κ1) is 9.65. The Bertz CT molecular complexity index is 311. The fourth-order valence-electron chi connectivity index (χ4n) is 1.05. The lowest BCUT2D eigenvalue weighted by atomic mass is 10.1. The summed E-state index contributed by atoms with van der Waals surface area (Å²) in [6.45, 7) is 1.79. The van der Waals surface area contributed by atoms with Crippen LogP contribution in [0.4, 0.5) is 4.39 Å². The van der Waals surface area contributed by atoms with Crippen molar-refractivity contribution in [3.05, 3.63) is 47.8 Å². The van der Waals surface area contributed by atoms with Crippen LogP contribution in [0.1, 0.15) is 12.5 Å². The van der Waals surface area contributed by atoms with E-state index in [0.29, 0.717) is 6.42 Å². The maximum atomic E-state index is 12.5. The number of allylic oxidation sites excluding steroid dienone is 2. The average molecular weight is 178 g/mol. The van der Waals surface area contributed by atoms with Crippen LogP contribution in [0.25, 0.3) is 0 Å². The molecule has 1 rings (SSSR count). The van der Waals surface area contributed by atoms with Crippen LogP contribution < -0.4 is 0 Å². The molecule has 68 valence electrons. The van der Waals surface area contributed by atoms with Gasteiger partial charge in [0.1, 0.15) is 5.82 Å². The van der Waals surface area contributed by atoms with E-state index in [2.05, 4.69) is 0 Å². The molecular formula is C11H11FO. The van der Waals surface area contributed by atoms with Gasteiger partial charge in [0.25, 0.3) is 0 Å². The molecule has 1 aromatic rings. The third-order valence-electron chi connectivity index (χ3n) is 1.64. The quantitative estimate of drug-likeness (QED) is 0.650. The molecular weight excluding hydrogens is 167 g/mol. The molecule has 0 fully saturated rings. The van der Waals surface area contributed by atoms with E-state index < -0.39 is 0 Å². The minimum Gasteiger partial charge on any atom is -0.294 e. The van der Waals surface area contributed by atoms with Crippen LogP contribution >= 0.6 is 0 Å². The maximum Gasteiger partial charge on any atom is 0.159 e. The van der Waals surface area contributed by atoms with Gasteiger partial charge < -0.3 is 0 Å². The van der Waals surface area contributed by atoms with Crippen LogP contribution in [-0.4, -0.2) is 5.78 Å². The standard InChI is InChI=1S/C11H11FO/c1-2-3-11(13)8-9-4-6-10(12)7-5-9/h2-7H,8H2,1H3. The molecule has 2 heteroatoms. The van der Waals surface area contributed by atoms with Crippen LogP contribution in [0.2, 0.25) is 0 Å². The summed E-state index contributed by atoms with van der Waals surface area (Å²) in [4.78, 5) is 11.1. The second-order valence-corrected chi connectivity index (χ2v) is 2.77. The summed E-state index contributed by atoms with van der Waals surface area (Å²) >= 11 is 0. The lowest BCUT2D eigenvalue weighted by Crippen LogP contribution is -1.97. The lowest BCUT2D eigenvalue weighted by molar-refractivity contribution is -0.114. The summed E-state index contributed by atoms with van der Waals surface area (Å²) < 4.78 is 12.5. The van der Waals surface area contributed by atoms with E-state index in [0.717, 1.165) is 5.56 Å². The Hall–Kier alpha value is -1.44. The predicted octanol–water partition coefficient (Wildman–Crippen LogP) is 2.51. The molecule has 1 aromatic carbocycles. The van der Waals surface area contributed by atoms with Gasteiger partial charge in [0.2, 0.25) is 0 Å². The number of hydrogen-bond donors (Lipinski definition) is 0. The highest BCUT2D eigenvalue weighted by Gasteiger charge is 1.98. The van der Waals surface area contributed by atoms with Crippen molar-refractivity contribution in [1.82, 2.24) is 0 Å². The van der Waals surface area contributed by atoms with Crippen LogP contribution in [-0.2, 0) is 11.2 Å². The second kappa shape index (κ2) is 4.55. The second-order valence-electron chi connectivity index (χ2n) is 2.77. The van der Waals surface area contributed by atoms with Gasteiger partial charge in [-0.05, 0) is 30.7 Å². The Morgan fingerprint density at radius 3 is 2.54 bits per heavy atom. The minimum absolute atomic E-state index is 0.0362. The number of ketones is 1. The molecule has 0 bridgehead atoms. The summed E-state index contributed by atoms with van der Waals surface area (Å²) in [6.07, 6.45) is 3.56. The molecule has 0 amide bonds. The Morgan fingerprint density at radius 1 is 1.38 bits per heavy atom. The molecule has 0 aromatic heterocycles. The first-order valence-electron chi connectivity index (χ1n) is 4.12. The molecule has 0 saturated heterocycles. The minimum atomic E-state index is -0.276. The van der Waals surface area contributed by atoms with Crippen molar-refractivity contribution in [3.8, 4) is 0 Å². The Balaban J connectivity index is 2.64. The van der Waals surface area contributed by atoms with Gasteiger partial charge in [0.05, 0.1) is 0 Å². The van der Waals surface area contributed by atoms with Crippen LogP contribution in [0, 0.1) is 5.82 Å². The molecule has 0 aliphatic rings. The molecule has 0 radical (unpaired) electrons. The van der Waals surface area contributed by atoms with Gasteiger partial charge in [-0.3, -0.25) is 4.79 Å². The van der Waals surface area contributed by atoms with Gasteiger partial charge >= 0.3 is 0 Å². The normalized spacial score (nSPS) is 10.6. The van der Waals surface area contributed by atoms with E-state index in [1.54, 1.807) is 25.1 Å². The molecule has 0 aliphatic heterocycles. The summed E-state index contributed by atoms with van der Waals surface area (Å²) in [7, 11) is 0. The van der Waals surface area contributed by atoms with Crippen molar-refractivity contribution in [3.63, 3.8) is 0 Å². The number of hydrogen-bond acceptors (Lipinski definition) is 1. The predicted molar refractivity (Wildman–Crippen MR) is 49.9 cm³/mol. The fourth-order valence-corrected chi connectivity index (χ4v) is 1.05. The third-order valence-corrected chi connectivity index (χ3v) is 1.64. The van der Waals surface area contributed by atoms with Gasteiger partial charge in [0.15, 0.2) is 5.78 Å². The van der Waals surface area contributed by atoms with Crippen molar-refractivity contribution in [2.24, 2.45) is 0 Å². The van der Waals surface area contributed by atoms with E-state index in [9.17, 15) is 9.18 Å². The maximum absolute atomic E-state index is 12.5. The number of benzene rings is 1. The Morgan fingerprint density at radius 2 is 2.00 bits per heavy atom. The van der Waals surface area contributed by atoms with E-state index in [1.165, 1.54) is 18.2 Å². The molecule has 0 unspecified atom stereocenters. The molecule has 13 heavy (non-hydrogen) atoms. The van der Waals surface area contributed by atoms with Gasteiger partial charge in [0, 0.05) is 6.42 Å². The summed E-state index contributed by atoms with van der Waals surface area (Å²) in [6, 6.07) is 5.96. The Kier molecular flexibility index (Phi) is 3.38. The van der Waals surface area contributed by atoms with Crippen molar-refractivity contribution >= 4 is 5.78 Å². The largest absolute Gasteiger partial charge is 0.294 e. The van der Waals surface area contributed by atoms with Gasteiger partial charge in [-0.1, -0.05) is 18.2 Å². The molecule has 0 aliphatic carbocycles. The van der Waals surface area contributed by atoms with E-state index in [1.807, 2.05) is 0 Å². The van der Waals surface area contributed by atoms with E-state index >= 15 is 0 Å². The van der Waals surface area contributed by atoms with Gasteiger partial charge in [-0.15, -0.1) is 0 Å². The fraction of sp³-hybridized carbons (Fsp3) is 0.182. The van der Waals surface area contributed by atoms with Crippen molar-refractivity contribution in [2.75, 3.05) is 0 Å². The average Bonchev–Trinajstić information content (AvgIpc) is 2.09.